The molecule has 1 saturated carbocycles. The number of hydrogen-bond donors (Lipinski definition) is 1. The number of hydrogen-bond acceptors (Lipinski definition) is 3. The lowest BCUT2D eigenvalue weighted by molar-refractivity contribution is 0.183. The fourth-order valence-electron chi connectivity index (χ4n) is 2.15. The third-order valence-electron chi connectivity index (χ3n) is 3.65. The van der Waals surface area contributed by atoms with Gasteiger partial charge in [-0.15, -0.1) is 0 Å². The van der Waals surface area contributed by atoms with Gasteiger partial charge in [0.15, 0.2) is 0 Å². The van der Waals surface area contributed by atoms with Gasteiger partial charge in [-0.3, -0.25) is 0 Å². The van der Waals surface area contributed by atoms with E-state index in [0.29, 0.717) is 18.7 Å². The zero-order valence-corrected chi connectivity index (χ0v) is 12.7. The van der Waals surface area contributed by atoms with Crippen LogP contribution in [0.3, 0.4) is 0 Å². The van der Waals surface area contributed by atoms with Gasteiger partial charge < -0.3 is 15.0 Å². The van der Waals surface area contributed by atoms with Crippen molar-refractivity contribution >= 4 is 17.3 Å². The predicted octanol–water partition coefficient (Wildman–Crippen LogP) is 3.06. The Morgan fingerprint density at radius 2 is 2.21 bits per heavy atom. The topological polar surface area (TPSA) is 24.5 Å². The highest BCUT2D eigenvalue weighted by Crippen LogP contribution is 2.27. The summed E-state index contributed by atoms with van der Waals surface area (Å²) in [5, 5.41) is 4.34. The molecule has 0 radical (unpaired) electrons. The van der Waals surface area contributed by atoms with Gasteiger partial charge in [0.25, 0.3) is 0 Å². The van der Waals surface area contributed by atoms with Crippen molar-refractivity contribution in [3.05, 3.63) is 28.8 Å². The first kappa shape index (κ1) is 14.6. The molecule has 1 atom stereocenters. The maximum atomic E-state index is 6.14. The number of methoxy groups -OCH3 is 1. The second-order valence-electron chi connectivity index (χ2n) is 5.34. The number of benzene rings is 1. The number of likely N-dealkylation sites (N-methyl/N-ethyl adjacent to an activating group) is 1. The molecule has 3 nitrogen and oxygen atoms in total. The van der Waals surface area contributed by atoms with Crippen LogP contribution >= 0.6 is 11.6 Å². The number of rotatable bonds is 7. The molecule has 0 amide bonds. The second-order valence-corrected chi connectivity index (χ2v) is 5.78. The summed E-state index contributed by atoms with van der Waals surface area (Å²) in [6.07, 6.45) is 2.61. The Balaban J connectivity index is 2.12. The van der Waals surface area contributed by atoms with Crippen molar-refractivity contribution in [2.24, 2.45) is 0 Å². The predicted molar refractivity (Wildman–Crippen MR) is 81.1 cm³/mol. The number of halogens is 1. The van der Waals surface area contributed by atoms with Gasteiger partial charge in [0.2, 0.25) is 0 Å². The Morgan fingerprint density at radius 3 is 2.84 bits per heavy atom. The summed E-state index contributed by atoms with van der Waals surface area (Å²) in [5.41, 5.74) is 2.48. The summed E-state index contributed by atoms with van der Waals surface area (Å²) >= 11 is 6.14. The van der Waals surface area contributed by atoms with E-state index in [2.05, 4.69) is 30.3 Å². The molecule has 0 heterocycles. The molecule has 0 bridgehead atoms. The van der Waals surface area contributed by atoms with Crippen LogP contribution in [0.15, 0.2) is 18.2 Å². The molecular formula is C15H23ClN2O. The standard InChI is InChI=1S/C15H23ClN2O/c1-11(10-19-3)18(2)15-8-13(16)5-4-12(15)9-17-14-6-7-14/h4-5,8,11,14,17H,6-7,9-10H2,1-3H3. The summed E-state index contributed by atoms with van der Waals surface area (Å²) in [6, 6.07) is 7.15. The number of anilines is 1. The molecular weight excluding hydrogens is 260 g/mol. The van der Waals surface area contributed by atoms with Gasteiger partial charge in [-0.25, -0.2) is 0 Å². The van der Waals surface area contributed by atoms with Crippen LogP contribution in [0.1, 0.15) is 25.3 Å². The summed E-state index contributed by atoms with van der Waals surface area (Å²) < 4.78 is 5.23. The zero-order chi connectivity index (χ0) is 13.8. The fraction of sp³-hybridized carbons (Fsp3) is 0.600. The molecule has 1 unspecified atom stereocenters. The molecule has 106 valence electrons. The average Bonchev–Trinajstić information content (AvgIpc) is 3.20. The Labute approximate surface area is 120 Å². The second kappa shape index (κ2) is 6.60. The van der Waals surface area contributed by atoms with Crippen LogP contribution in [0, 0.1) is 0 Å². The highest BCUT2D eigenvalue weighted by molar-refractivity contribution is 6.30. The van der Waals surface area contributed by atoms with Crippen LogP contribution in [0.4, 0.5) is 5.69 Å². The van der Waals surface area contributed by atoms with Gasteiger partial charge >= 0.3 is 0 Å². The van der Waals surface area contributed by atoms with Crippen LogP contribution in [0.2, 0.25) is 5.02 Å². The summed E-state index contributed by atoms with van der Waals surface area (Å²) in [4.78, 5) is 2.24. The lowest BCUT2D eigenvalue weighted by atomic mass is 10.1. The summed E-state index contributed by atoms with van der Waals surface area (Å²) in [7, 11) is 3.83. The van der Waals surface area contributed by atoms with E-state index in [1.807, 2.05) is 12.1 Å². The molecule has 4 heteroatoms. The minimum absolute atomic E-state index is 0.322. The SMILES string of the molecule is COCC(C)N(C)c1cc(Cl)ccc1CNC1CC1. The molecule has 0 aromatic heterocycles. The molecule has 0 spiro atoms. The van der Waals surface area contributed by atoms with Gasteiger partial charge in [-0.2, -0.15) is 0 Å². The van der Waals surface area contributed by atoms with Crippen molar-refractivity contribution in [2.75, 3.05) is 25.7 Å². The zero-order valence-electron chi connectivity index (χ0n) is 11.9. The van der Waals surface area contributed by atoms with Crippen molar-refractivity contribution in [3.8, 4) is 0 Å². The van der Waals surface area contributed by atoms with Crippen molar-refractivity contribution in [1.82, 2.24) is 5.32 Å². The van der Waals surface area contributed by atoms with E-state index in [0.717, 1.165) is 11.6 Å². The van der Waals surface area contributed by atoms with E-state index >= 15 is 0 Å². The molecule has 0 saturated heterocycles. The van der Waals surface area contributed by atoms with Crippen LogP contribution in [-0.4, -0.2) is 32.8 Å². The molecule has 1 fully saturated rings. The summed E-state index contributed by atoms with van der Waals surface area (Å²) in [5.74, 6) is 0. The minimum atomic E-state index is 0.322. The van der Waals surface area contributed by atoms with Crippen LogP contribution in [0.25, 0.3) is 0 Å². The van der Waals surface area contributed by atoms with Gasteiger partial charge in [0.05, 0.1) is 6.61 Å². The maximum Gasteiger partial charge on any atom is 0.0663 e. The van der Waals surface area contributed by atoms with Crippen LogP contribution < -0.4 is 10.2 Å². The minimum Gasteiger partial charge on any atom is -0.383 e. The van der Waals surface area contributed by atoms with E-state index < -0.39 is 0 Å². The maximum absolute atomic E-state index is 6.14. The lowest BCUT2D eigenvalue weighted by Gasteiger charge is -2.29. The quantitative estimate of drug-likeness (QED) is 0.832. The number of nitrogens with one attached hydrogen (secondary N) is 1. The third kappa shape index (κ3) is 4.10. The van der Waals surface area contributed by atoms with E-state index in [1.54, 1.807) is 7.11 Å². The van der Waals surface area contributed by atoms with Gasteiger partial charge in [0.1, 0.15) is 0 Å². The smallest absolute Gasteiger partial charge is 0.0663 e. The third-order valence-corrected chi connectivity index (χ3v) is 3.89. The average molecular weight is 283 g/mol. The highest BCUT2D eigenvalue weighted by Gasteiger charge is 2.21. The van der Waals surface area contributed by atoms with Gasteiger partial charge in [0, 0.05) is 43.5 Å². The van der Waals surface area contributed by atoms with E-state index in [4.69, 9.17) is 16.3 Å². The van der Waals surface area contributed by atoms with Gasteiger partial charge in [-0.05, 0) is 37.5 Å². The van der Waals surface area contributed by atoms with Crippen molar-refractivity contribution in [2.45, 2.75) is 38.4 Å². The van der Waals surface area contributed by atoms with Crippen LogP contribution in [0.5, 0.6) is 0 Å². The molecule has 1 aliphatic rings. The fourth-order valence-corrected chi connectivity index (χ4v) is 2.31. The van der Waals surface area contributed by atoms with Crippen molar-refractivity contribution < 1.29 is 4.74 Å². The number of ether oxygens (including phenoxy) is 1. The van der Waals surface area contributed by atoms with E-state index in [1.165, 1.54) is 24.1 Å². The van der Waals surface area contributed by atoms with Gasteiger partial charge in [-0.1, -0.05) is 17.7 Å². The lowest BCUT2D eigenvalue weighted by Crippen LogP contribution is -2.33. The monoisotopic (exact) mass is 282 g/mol. The van der Waals surface area contributed by atoms with Crippen molar-refractivity contribution in [3.63, 3.8) is 0 Å². The molecule has 1 aromatic carbocycles. The van der Waals surface area contributed by atoms with Crippen molar-refractivity contribution in [1.29, 1.82) is 0 Å². The molecule has 0 aliphatic heterocycles. The molecule has 1 N–H and O–H groups in total. The molecule has 1 aliphatic carbocycles. The Kier molecular flexibility index (Phi) is 5.08. The summed E-state index contributed by atoms with van der Waals surface area (Å²) in [6.45, 7) is 3.77. The molecule has 2 rings (SSSR count). The van der Waals surface area contributed by atoms with E-state index in [9.17, 15) is 0 Å². The Hall–Kier alpha value is -0.770. The first-order valence-electron chi connectivity index (χ1n) is 6.85. The first-order valence-corrected chi connectivity index (χ1v) is 7.23. The van der Waals surface area contributed by atoms with E-state index in [-0.39, 0.29) is 0 Å². The molecule has 1 aromatic rings. The molecule has 19 heavy (non-hydrogen) atoms. The van der Waals surface area contributed by atoms with Crippen LogP contribution in [-0.2, 0) is 11.3 Å². The Morgan fingerprint density at radius 1 is 1.47 bits per heavy atom. The Bertz CT molecular complexity index is 421. The first-order chi connectivity index (χ1) is 9.11. The largest absolute Gasteiger partial charge is 0.383 e. The number of nitrogens with zero attached hydrogens (tertiary/aromatic N) is 1. The highest BCUT2D eigenvalue weighted by atomic mass is 35.5. The normalized spacial score (nSPS) is 16.4.